The van der Waals surface area contributed by atoms with Crippen molar-refractivity contribution in [1.82, 2.24) is 15.5 Å². The standard InChI is InChI=1S/C21H36N4O2/c1-4-22-21(23-12-5-6-14-25-15-7-8-16-25)24-13-11-18-9-10-19(26-2)20(17-18)27-3/h9-10,17H,4-8,11-16H2,1-3H3,(H2,22,23,24). The van der Waals surface area contributed by atoms with E-state index in [2.05, 4.69) is 28.5 Å². The van der Waals surface area contributed by atoms with Crippen LogP contribution in [0.25, 0.3) is 0 Å². The molecule has 6 heteroatoms. The Labute approximate surface area is 164 Å². The van der Waals surface area contributed by atoms with Crippen LogP contribution in [0.4, 0.5) is 0 Å². The first-order valence-corrected chi connectivity index (χ1v) is 10.2. The molecule has 1 saturated heterocycles. The highest BCUT2D eigenvalue weighted by Gasteiger charge is 2.10. The zero-order chi connectivity index (χ0) is 19.3. The number of nitrogens with zero attached hydrogens (tertiary/aromatic N) is 2. The van der Waals surface area contributed by atoms with Crippen LogP contribution in [0, 0.1) is 0 Å². The minimum absolute atomic E-state index is 0.762. The summed E-state index contributed by atoms with van der Waals surface area (Å²) in [6, 6.07) is 6.06. The van der Waals surface area contributed by atoms with Crippen molar-refractivity contribution in [2.75, 3.05) is 53.5 Å². The molecule has 0 aromatic heterocycles. The molecule has 0 atom stereocenters. The summed E-state index contributed by atoms with van der Waals surface area (Å²) in [5.41, 5.74) is 1.21. The van der Waals surface area contributed by atoms with E-state index < -0.39 is 0 Å². The zero-order valence-electron chi connectivity index (χ0n) is 17.2. The van der Waals surface area contributed by atoms with Crippen molar-refractivity contribution in [1.29, 1.82) is 0 Å². The predicted octanol–water partition coefficient (Wildman–Crippen LogP) is 2.68. The first kappa shape index (κ1) is 21.4. The molecule has 6 nitrogen and oxygen atoms in total. The van der Waals surface area contributed by atoms with Crippen LogP contribution in [0.2, 0.25) is 0 Å². The second kappa shape index (κ2) is 12.4. The average molecular weight is 377 g/mol. The molecular weight excluding hydrogens is 340 g/mol. The molecule has 0 bridgehead atoms. The number of hydrogen-bond acceptors (Lipinski definition) is 4. The van der Waals surface area contributed by atoms with E-state index in [9.17, 15) is 0 Å². The lowest BCUT2D eigenvalue weighted by Gasteiger charge is -2.14. The van der Waals surface area contributed by atoms with Gasteiger partial charge in [-0.2, -0.15) is 0 Å². The van der Waals surface area contributed by atoms with Crippen LogP contribution in [0.1, 0.15) is 38.2 Å². The number of unbranched alkanes of at least 4 members (excludes halogenated alkanes) is 1. The molecule has 1 heterocycles. The number of benzene rings is 1. The number of hydrogen-bond donors (Lipinski definition) is 2. The Morgan fingerprint density at radius 1 is 1.07 bits per heavy atom. The van der Waals surface area contributed by atoms with E-state index in [0.717, 1.165) is 49.9 Å². The van der Waals surface area contributed by atoms with E-state index in [-0.39, 0.29) is 0 Å². The number of rotatable bonds is 11. The van der Waals surface area contributed by atoms with Crippen LogP contribution in [-0.2, 0) is 6.42 Å². The second-order valence-electron chi connectivity index (χ2n) is 6.88. The molecule has 27 heavy (non-hydrogen) atoms. The van der Waals surface area contributed by atoms with Crippen LogP contribution in [0.5, 0.6) is 11.5 Å². The highest BCUT2D eigenvalue weighted by molar-refractivity contribution is 5.79. The molecule has 0 unspecified atom stereocenters. The fourth-order valence-electron chi connectivity index (χ4n) is 3.35. The summed E-state index contributed by atoms with van der Waals surface area (Å²) in [5.74, 6) is 2.44. The lowest BCUT2D eigenvalue weighted by atomic mass is 10.1. The first-order chi connectivity index (χ1) is 13.3. The minimum atomic E-state index is 0.762. The van der Waals surface area contributed by atoms with Gasteiger partial charge < -0.3 is 25.0 Å². The summed E-state index contributed by atoms with van der Waals surface area (Å²) >= 11 is 0. The van der Waals surface area contributed by atoms with E-state index in [0.29, 0.717) is 0 Å². The SMILES string of the molecule is CCNC(=NCCCCN1CCCC1)NCCc1ccc(OC)c(OC)c1. The molecule has 152 valence electrons. The molecule has 1 fully saturated rings. The summed E-state index contributed by atoms with van der Waals surface area (Å²) in [5, 5.41) is 6.75. The van der Waals surface area contributed by atoms with Crippen LogP contribution in [-0.4, -0.2) is 64.3 Å². The Bertz CT molecular complexity index is 571. The van der Waals surface area contributed by atoms with E-state index >= 15 is 0 Å². The summed E-state index contributed by atoms with van der Waals surface area (Å²) in [4.78, 5) is 7.27. The van der Waals surface area contributed by atoms with Crippen LogP contribution >= 0.6 is 0 Å². The third-order valence-electron chi connectivity index (χ3n) is 4.85. The Morgan fingerprint density at radius 3 is 2.56 bits per heavy atom. The van der Waals surface area contributed by atoms with Gasteiger partial charge in [0.15, 0.2) is 17.5 Å². The molecule has 1 aliphatic rings. The Balaban J connectivity index is 1.71. The lowest BCUT2D eigenvalue weighted by molar-refractivity contribution is 0.331. The third-order valence-corrected chi connectivity index (χ3v) is 4.85. The summed E-state index contributed by atoms with van der Waals surface area (Å²) in [6.07, 6.45) is 6.01. The van der Waals surface area contributed by atoms with E-state index in [1.54, 1.807) is 14.2 Å². The average Bonchev–Trinajstić information content (AvgIpc) is 3.21. The number of likely N-dealkylation sites (tertiary alicyclic amines) is 1. The number of ether oxygens (including phenoxy) is 2. The monoisotopic (exact) mass is 376 g/mol. The van der Waals surface area contributed by atoms with E-state index in [4.69, 9.17) is 14.5 Å². The second-order valence-corrected chi connectivity index (χ2v) is 6.88. The minimum Gasteiger partial charge on any atom is -0.493 e. The normalized spacial score (nSPS) is 15.0. The van der Waals surface area contributed by atoms with Crippen molar-refractivity contribution in [2.45, 2.75) is 39.0 Å². The van der Waals surface area contributed by atoms with Crippen molar-refractivity contribution < 1.29 is 9.47 Å². The molecule has 0 saturated carbocycles. The molecule has 0 radical (unpaired) electrons. The smallest absolute Gasteiger partial charge is 0.191 e. The van der Waals surface area contributed by atoms with E-state index in [1.165, 1.54) is 44.5 Å². The summed E-state index contributed by atoms with van der Waals surface area (Å²) < 4.78 is 10.7. The molecule has 2 N–H and O–H groups in total. The van der Waals surface area contributed by atoms with Gasteiger partial charge in [-0.05, 0) is 76.4 Å². The molecule has 2 rings (SSSR count). The highest BCUT2D eigenvalue weighted by atomic mass is 16.5. The van der Waals surface area contributed by atoms with Gasteiger partial charge in [-0.1, -0.05) is 6.07 Å². The predicted molar refractivity (Wildman–Crippen MR) is 112 cm³/mol. The summed E-state index contributed by atoms with van der Waals surface area (Å²) in [7, 11) is 3.32. The van der Waals surface area contributed by atoms with Crippen molar-refractivity contribution in [3.8, 4) is 11.5 Å². The van der Waals surface area contributed by atoms with Crippen molar-refractivity contribution in [2.24, 2.45) is 4.99 Å². The lowest BCUT2D eigenvalue weighted by Crippen LogP contribution is -2.38. The van der Waals surface area contributed by atoms with Crippen molar-refractivity contribution in [3.05, 3.63) is 23.8 Å². The molecular formula is C21H36N4O2. The van der Waals surface area contributed by atoms with Crippen molar-refractivity contribution >= 4 is 5.96 Å². The highest BCUT2D eigenvalue weighted by Crippen LogP contribution is 2.27. The topological polar surface area (TPSA) is 58.1 Å². The van der Waals surface area contributed by atoms with Gasteiger partial charge in [0.2, 0.25) is 0 Å². The van der Waals surface area contributed by atoms with E-state index in [1.807, 2.05) is 12.1 Å². The Hall–Kier alpha value is -1.95. The largest absolute Gasteiger partial charge is 0.493 e. The van der Waals surface area contributed by atoms with Crippen molar-refractivity contribution in [3.63, 3.8) is 0 Å². The van der Waals surface area contributed by atoms with Gasteiger partial charge in [-0.15, -0.1) is 0 Å². The maximum absolute atomic E-state index is 5.37. The van der Waals surface area contributed by atoms with Crippen LogP contribution in [0.15, 0.2) is 23.2 Å². The molecule has 1 aliphatic heterocycles. The maximum atomic E-state index is 5.37. The number of nitrogens with one attached hydrogen (secondary N) is 2. The molecule has 1 aromatic rings. The van der Waals surface area contributed by atoms with Crippen LogP contribution < -0.4 is 20.1 Å². The van der Waals surface area contributed by atoms with Gasteiger partial charge in [-0.3, -0.25) is 4.99 Å². The Morgan fingerprint density at radius 2 is 1.85 bits per heavy atom. The Kier molecular flexibility index (Phi) is 9.84. The van der Waals surface area contributed by atoms with Crippen LogP contribution in [0.3, 0.4) is 0 Å². The van der Waals surface area contributed by atoms with Gasteiger partial charge in [0.25, 0.3) is 0 Å². The van der Waals surface area contributed by atoms with Gasteiger partial charge in [0.1, 0.15) is 0 Å². The first-order valence-electron chi connectivity index (χ1n) is 10.2. The molecule has 0 spiro atoms. The number of guanidine groups is 1. The third kappa shape index (κ3) is 7.67. The molecule has 0 aliphatic carbocycles. The fraction of sp³-hybridized carbons (Fsp3) is 0.667. The number of aliphatic imine (C=N–C) groups is 1. The summed E-state index contributed by atoms with van der Waals surface area (Å²) in [6.45, 7) is 8.45. The quantitative estimate of drug-likeness (QED) is 0.353. The van der Waals surface area contributed by atoms with Gasteiger partial charge in [0.05, 0.1) is 14.2 Å². The molecule has 0 amide bonds. The number of methoxy groups -OCH3 is 2. The van der Waals surface area contributed by atoms with Gasteiger partial charge in [-0.25, -0.2) is 0 Å². The zero-order valence-corrected chi connectivity index (χ0v) is 17.2. The van der Waals surface area contributed by atoms with Gasteiger partial charge >= 0.3 is 0 Å². The fourth-order valence-corrected chi connectivity index (χ4v) is 3.35. The maximum Gasteiger partial charge on any atom is 0.191 e. The van der Waals surface area contributed by atoms with Gasteiger partial charge in [0, 0.05) is 19.6 Å². The molecule has 1 aromatic carbocycles.